The molecular formula is C19H20F3N3O2. The number of carbonyl (C=O) groups excluding carboxylic acids is 1. The number of aromatic nitrogens is 2. The SMILES string of the molecule is O=C(C1CCCC1)N1CCC[C@H]1c1nc(-c2cccc(C(F)(F)F)c2)no1. The lowest BCUT2D eigenvalue weighted by molar-refractivity contribution is -0.138. The molecule has 1 aromatic heterocycles. The van der Waals surface area contributed by atoms with Gasteiger partial charge in [-0.1, -0.05) is 30.1 Å². The van der Waals surface area contributed by atoms with Crippen molar-refractivity contribution in [2.45, 2.75) is 50.7 Å². The van der Waals surface area contributed by atoms with Crippen LogP contribution in [0.15, 0.2) is 28.8 Å². The predicted molar refractivity (Wildman–Crippen MR) is 90.4 cm³/mol. The van der Waals surface area contributed by atoms with Gasteiger partial charge in [-0.25, -0.2) is 0 Å². The summed E-state index contributed by atoms with van der Waals surface area (Å²) in [5.41, 5.74) is -0.517. The lowest BCUT2D eigenvalue weighted by Crippen LogP contribution is -2.35. The second-order valence-corrected chi connectivity index (χ2v) is 7.21. The third-order valence-electron chi connectivity index (χ3n) is 5.42. The molecule has 1 aliphatic carbocycles. The van der Waals surface area contributed by atoms with Crippen LogP contribution in [0.5, 0.6) is 0 Å². The molecule has 27 heavy (non-hydrogen) atoms. The van der Waals surface area contributed by atoms with E-state index in [-0.39, 0.29) is 29.3 Å². The molecule has 0 radical (unpaired) electrons. The highest BCUT2D eigenvalue weighted by molar-refractivity contribution is 5.79. The zero-order valence-corrected chi connectivity index (χ0v) is 14.7. The highest BCUT2D eigenvalue weighted by atomic mass is 19.4. The Hall–Kier alpha value is -2.38. The summed E-state index contributed by atoms with van der Waals surface area (Å²) in [6, 6.07) is 4.55. The van der Waals surface area contributed by atoms with Gasteiger partial charge in [-0.05, 0) is 37.8 Å². The molecule has 1 aromatic carbocycles. The molecule has 2 aromatic rings. The van der Waals surface area contributed by atoms with Gasteiger partial charge in [0.25, 0.3) is 0 Å². The standard InChI is InChI=1S/C19H20F3N3O2/c20-19(21,22)14-8-3-7-13(11-14)16-23-17(27-24-16)15-9-4-10-25(15)18(26)12-5-1-2-6-12/h3,7-8,11-12,15H,1-2,4-6,9-10H2/t15-/m0/s1. The van der Waals surface area contributed by atoms with Crippen LogP contribution in [0.2, 0.25) is 0 Å². The fourth-order valence-corrected chi connectivity index (χ4v) is 4.02. The Morgan fingerprint density at radius 2 is 1.93 bits per heavy atom. The van der Waals surface area contributed by atoms with E-state index in [4.69, 9.17) is 4.52 Å². The predicted octanol–water partition coefficient (Wildman–Crippen LogP) is 4.61. The maximum Gasteiger partial charge on any atom is 0.416 e. The number of carbonyl (C=O) groups is 1. The fraction of sp³-hybridized carbons (Fsp3) is 0.526. The van der Waals surface area contributed by atoms with Crippen LogP contribution in [0.25, 0.3) is 11.4 Å². The molecule has 1 aliphatic heterocycles. The molecule has 2 aliphatic rings. The number of alkyl halides is 3. The van der Waals surface area contributed by atoms with Crippen LogP contribution in [-0.2, 0) is 11.0 Å². The third kappa shape index (κ3) is 3.57. The summed E-state index contributed by atoms with van der Waals surface area (Å²) in [4.78, 5) is 18.9. The van der Waals surface area contributed by atoms with E-state index in [1.807, 2.05) is 0 Å². The molecule has 1 atom stereocenters. The Bertz CT molecular complexity index is 828. The first-order chi connectivity index (χ1) is 12.9. The van der Waals surface area contributed by atoms with Crippen molar-refractivity contribution >= 4 is 5.91 Å². The Morgan fingerprint density at radius 3 is 2.67 bits per heavy atom. The molecule has 0 spiro atoms. The van der Waals surface area contributed by atoms with Gasteiger partial charge in [0, 0.05) is 18.0 Å². The topological polar surface area (TPSA) is 59.2 Å². The van der Waals surface area contributed by atoms with Crippen molar-refractivity contribution in [3.63, 3.8) is 0 Å². The first-order valence-corrected chi connectivity index (χ1v) is 9.25. The first kappa shape index (κ1) is 18.0. The zero-order valence-electron chi connectivity index (χ0n) is 14.7. The van der Waals surface area contributed by atoms with Gasteiger partial charge in [-0.15, -0.1) is 0 Å². The van der Waals surface area contributed by atoms with Crippen molar-refractivity contribution in [2.24, 2.45) is 5.92 Å². The van der Waals surface area contributed by atoms with Gasteiger partial charge in [0.1, 0.15) is 6.04 Å². The molecule has 8 heteroatoms. The smallest absolute Gasteiger partial charge is 0.337 e. The molecule has 4 rings (SSSR count). The number of hydrogen-bond acceptors (Lipinski definition) is 4. The van der Waals surface area contributed by atoms with Crippen molar-refractivity contribution in [2.75, 3.05) is 6.54 Å². The normalized spacial score (nSPS) is 21.1. The van der Waals surface area contributed by atoms with E-state index in [1.165, 1.54) is 12.1 Å². The lowest BCUT2D eigenvalue weighted by Gasteiger charge is -2.24. The second kappa shape index (κ2) is 6.98. The Labute approximate surface area is 154 Å². The lowest BCUT2D eigenvalue weighted by atomic mass is 10.1. The zero-order chi connectivity index (χ0) is 19.0. The maximum atomic E-state index is 12.9. The van der Waals surface area contributed by atoms with Crippen molar-refractivity contribution in [3.8, 4) is 11.4 Å². The van der Waals surface area contributed by atoms with Gasteiger partial charge in [-0.2, -0.15) is 18.2 Å². The summed E-state index contributed by atoms with van der Waals surface area (Å²) in [7, 11) is 0. The van der Waals surface area contributed by atoms with E-state index in [0.29, 0.717) is 12.4 Å². The largest absolute Gasteiger partial charge is 0.416 e. The molecule has 1 amide bonds. The van der Waals surface area contributed by atoms with Crippen LogP contribution in [0, 0.1) is 5.92 Å². The van der Waals surface area contributed by atoms with Crippen molar-refractivity contribution in [1.82, 2.24) is 15.0 Å². The number of hydrogen-bond donors (Lipinski definition) is 0. The summed E-state index contributed by atoms with van der Waals surface area (Å²) in [5, 5.41) is 3.85. The van der Waals surface area contributed by atoms with Crippen LogP contribution in [0.4, 0.5) is 13.2 Å². The molecule has 5 nitrogen and oxygen atoms in total. The number of benzene rings is 1. The minimum atomic E-state index is -4.43. The molecule has 2 heterocycles. The number of rotatable bonds is 3. The van der Waals surface area contributed by atoms with Crippen molar-refractivity contribution in [3.05, 3.63) is 35.7 Å². The van der Waals surface area contributed by atoms with Gasteiger partial charge in [0.05, 0.1) is 5.56 Å². The van der Waals surface area contributed by atoms with Crippen molar-refractivity contribution < 1.29 is 22.5 Å². The van der Waals surface area contributed by atoms with Crippen molar-refractivity contribution in [1.29, 1.82) is 0 Å². The van der Waals surface area contributed by atoms with E-state index in [2.05, 4.69) is 10.1 Å². The van der Waals surface area contributed by atoms with E-state index in [0.717, 1.165) is 50.7 Å². The summed E-state index contributed by atoms with van der Waals surface area (Å²) in [6.45, 7) is 0.654. The van der Waals surface area contributed by atoms with Gasteiger partial charge in [0.15, 0.2) is 0 Å². The average Bonchev–Trinajstić information content (AvgIpc) is 3.41. The van der Waals surface area contributed by atoms with Gasteiger partial charge in [-0.3, -0.25) is 4.79 Å². The van der Waals surface area contributed by atoms with Gasteiger partial charge >= 0.3 is 6.18 Å². The maximum absolute atomic E-state index is 12.9. The van der Waals surface area contributed by atoms with E-state index in [1.54, 1.807) is 4.90 Å². The molecule has 0 unspecified atom stereocenters. The number of amides is 1. The van der Waals surface area contributed by atoms with E-state index in [9.17, 15) is 18.0 Å². The van der Waals surface area contributed by atoms with Gasteiger partial charge < -0.3 is 9.42 Å². The minimum absolute atomic E-state index is 0.0662. The number of halogens is 3. The molecule has 0 bridgehead atoms. The molecule has 1 saturated heterocycles. The quantitative estimate of drug-likeness (QED) is 0.781. The van der Waals surface area contributed by atoms with Gasteiger partial charge in [0.2, 0.25) is 17.6 Å². The molecule has 144 valence electrons. The van der Waals surface area contributed by atoms with Crippen LogP contribution in [-0.4, -0.2) is 27.5 Å². The molecule has 1 saturated carbocycles. The minimum Gasteiger partial charge on any atom is -0.337 e. The van der Waals surface area contributed by atoms with E-state index < -0.39 is 11.7 Å². The Kier molecular flexibility index (Phi) is 4.65. The monoisotopic (exact) mass is 379 g/mol. The average molecular weight is 379 g/mol. The second-order valence-electron chi connectivity index (χ2n) is 7.21. The summed E-state index contributed by atoms with van der Waals surface area (Å²) >= 11 is 0. The Balaban J connectivity index is 1.56. The fourth-order valence-electron chi connectivity index (χ4n) is 4.02. The summed E-state index contributed by atoms with van der Waals surface area (Å²) in [6.07, 6.45) is 1.14. The van der Waals surface area contributed by atoms with Crippen LogP contribution in [0.3, 0.4) is 0 Å². The van der Waals surface area contributed by atoms with E-state index >= 15 is 0 Å². The molecular weight excluding hydrogens is 359 g/mol. The van der Waals surface area contributed by atoms with Crippen LogP contribution < -0.4 is 0 Å². The highest BCUT2D eigenvalue weighted by Gasteiger charge is 2.38. The number of likely N-dealkylation sites (tertiary alicyclic amines) is 1. The Morgan fingerprint density at radius 1 is 1.15 bits per heavy atom. The number of nitrogens with zero attached hydrogens (tertiary/aromatic N) is 3. The highest BCUT2D eigenvalue weighted by Crippen LogP contribution is 2.37. The first-order valence-electron chi connectivity index (χ1n) is 9.25. The van der Waals surface area contributed by atoms with Crippen LogP contribution >= 0.6 is 0 Å². The third-order valence-corrected chi connectivity index (χ3v) is 5.42. The summed E-state index contributed by atoms with van der Waals surface area (Å²) in [5.74, 6) is 0.604. The summed E-state index contributed by atoms with van der Waals surface area (Å²) < 4.78 is 44.1. The molecule has 2 fully saturated rings. The molecule has 0 N–H and O–H groups in total. The van der Waals surface area contributed by atoms with Crippen LogP contribution in [0.1, 0.15) is 56.0 Å².